The fourth-order valence-electron chi connectivity index (χ4n) is 11.1. The summed E-state index contributed by atoms with van der Waals surface area (Å²) in [5.74, 6) is -2.19. The van der Waals surface area contributed by atoms with Gasteiger partial charge < -0.3 is 33.8 Å². The molecule has 3 N–H and O–H groups in total. The summed E-state index contributed by atoms with van der Waals surface area (Å²) >= 11 is 0. The summed E-state index contributed by atoms with van der Waals surface area (Å²) in [6, 6.07) is 0. The second-order valence-electron chi connectivity index (χ2n) is 27.0. The Kier molecular flexibility index (Phi) is 71.2. The number of phosphoric acid groups is 2. The maximum atomic E-state index is 13.1. The first kappa shape index (κ1) is 96.5. The molecule has 100 heavy (non-hydrogen) atoms. The normalized spacial score (nSPS) is 14.3. The molecular weight excluding hydrogens is 1310 g/mol. The number of esters is 4. The van der Waals surface area contributed by atoms with Crippen LogP contribution in [0.15, 0.2) is 72.9 Å². The zero-order valence-electron chi connectivity index (χ0n) is 63.6. The van der Waals surface area contributed by atoms with Crippen molar-refractivity contribution in [3.63, 3.8) is 0 Å². The van der Waals surface area contributed by atoms with Crippen molar-refractivity contribution in [2.24, 2.45) is 0 Å². The van der Waals surface area contributed by atoms with Crippen molar-refractivity contribution >= 4 is 39.5 Å². The number of aliphatic hydroxyl groups is 1. The zero-order chi connectivity index (χ0) is 73.2. The maximum Gasteiger partial charge on any atom is 0.472 e. The van der Waals surface area contributed by atoms with Gasteiger partial charge in [0.2, 0.25) is 0 Å². The number of ether oxygens (including phenoxy) is 4. The number of phosphoric ester groups is 2. The number of allylic oxidation sites excluding steroid dienone is 12. The van der Waals surface area contributed by atoms with Crippen LogP contribution in [-0.2, 0) is 65.4 Å². The number of hydrogen-bond acceptors (Lipinski definition) is 15. The van der Waals surface area contributed by atoms with Crippen LogP contribution in [0.25, 0.3) is 0 Å². The summed E-state index contributed by atoms with van der Waals surface area (Å²) in [5.41, 5.74) is 0. The molecular formula is C81H146O17P2. The number of unbranched alkanes of at least 4 members (excludes halogenated alkanes) is 38. The molecule has 5 atom stereocenters. The molecule has 0 aliphatic rings. The van der Waals surface area contributed by atoms with Crippen molar-refractivity contribution in [3.05, 3.63) is 72.9 Å². The number of rotatable bonds is 76. The Labute approximate surface area is 609 Å². The van der Waals surface area contributed by atoms with E-state index in [0.717, 1.165) is 135 Å². The Morgan fingerprint density at radius 1 is 0.290 bits per heavy atom. The Morgan fingerprint density at radius 2 is 0.520 bits per heavy atom. The van der Waals surface area contributed by atoms with Crippen LogP contribution in [0.3, 0.4) is 0 Å². The molecule has 0 aromatic rings. The topological polar surface area (TPSA) is 237 Å². The van der Waals surface area contributed by atoms with Crippen LogP contribution >= 0.6 is 15.6 Å². The molecule has 0 saturated heterocycles. The van der Waals surface area contributed by atoms with Crippen molar-refractivity contribution < 1.29 is 80.2 Å². The SMILES string of the molecule is CC/C=C\C/C=C\C/C=C\C/C=C\C/C=C\CCCCCC(=O)OCC(COP(=O)(O)OCC(O)COP(=O)(O)OCC(COC(=O)CCCCCCCCCCCCCCC)OC(=O)CCCCCCCCCCCCCCC)OC(=O)CCCCCCC/C=C\CCCCCCCC. The predicted octanol–water partition coefficient (Wildman–Crippen LogP) is 23.2. The van der Waals surface area contributed by atoms with Gasteiger partial charge >= 0.3 is 39.5 Å². The van der Waals surface area contributed by atoms with Gasteiger partial charge in [0.25, 0.3) is 0 Å². The lowest BCUT2D eigenvalue weighted by Crippen LogP contribution is -2.30. The lowest BCUT2D eigenvalue weighted by atomic mass is 10.0. The minimum atomic E-state index is -4.98. The minimum Gasteiger partial charge on any atom is -0.462 e. The van der Waals surface area contributed by atoms with Crippen LogP contribution in [-0.4, -0.2) is 96.7 Å². The van der Waals surface area contributed by atoms with Crippen LogP contribution < -0.4 is 0 Å². The quantitative estimate of drug-likeness (QED) is 0.0169. The Balaban J connectivity index is 5.35. The second kappa shape index (κ2) is 73.8. The summed E-state index contributed by atoms with van der Waals surface area (Å²) in [6.07, 6.45) is 74.5. The maximum absolute atomic E-state index is 13.1. The average Bonchev–Trinajstić information content (AvgIpc) is 0.946. The van der Waals surface area contributed by atoms with Gasteiger partial charge in [-0.2, -0.15) is 0 Å². The van der Waals surface area contributed by atoms with Gasteiger partial charge in [-0.05, 0) is 96.3 Å². The molecule has 0 amide bonds. The van der Waals surface area contributed by atoms with Gasteiger partial charge in [0.15, 0.2) is 12.2 Å². The van der Waals surface area contributed by atoms with Gasteiger partial charge in [0.05, 0.1) is 26.4 Å². The highest BCUT2D eigenvalue weighted by Crippen LogP contribution is 2.45. The Morgan fingerprint density at radius 3 is 0.820 bits per heavy atom. The zero-order valence-corrected chi connectivity index (χ0v) is 65.4. The fourth-order valence-corrected chi connectivity index (χ4v) is 12.6. The third-order valence-corrected chi connectivity index (χ3v) is 19.1. The standard InChI is InChI=1S/C81H146O17P2/c1-5-9-13-17-21-25-29-33-35-36-37-38-40-43-46-50-54-58-62-66-79(84)92-72-77(98-81(86)68-64-60-56-52-48-44-39-34-30-26-22-18-14-10-6-2)74-96-100(89,90)94-70-75(82)69-93-99(87,88)95-73-76(97-80(85)67-63-59-55-51-47-42-32-28-24-20-16-12-8-4)71-91-78(83)65-61-57-53-49-45-41-31-27-23-19-15-11-7-3/h9,13,21,25,33-35,37-39,43,46,75-77,82H,5-8,10-12,14-20,22-24,26-32,36,40-42,44-45,47-74H2,1-4H3,(H,87,88)(H,89,90)/b13-9-,25-21-,35-33-,38-37-,39-34-,46-43-. The first-order valence-electron chi connectivity index (χ1n) is 40.2. The van der Waals surface area contributed by atoms with E-state index in [4.69, 9.17) is 37.0 Å². The molecule has 0 rings (SSSR count). The van der Waals surface area contributed by atoms with E-state index in [1.165, 1.54) is 148 Å². The molecule has 0 fully saturated rings. The molecule has 0 saturated carbocycles. The van der Waals surface area contributed by atoms with Crippen molar-refractivity contribution in [1.29, 1.82) is 0 Å². The Hall–Kier alpha value is -3.50. The first-order valence-corrected chi connectivity index (χ1v) is 43.2. The van der Waals surface area contributed by atoms with E-state index in [9.17, 15) is 43.2 Å². The molecule has 0 radical (unpaired) electrons. The molecule has 0 heterocycles. The highest BCUT2D eigenvalue weighted by molar-refractivity contribution is 7.47. The van der Waals surface area contributed by atoms with Gasteiger partial charge in [0.1, 0.15) is 19.3 Å². The van der Waals surface area contributed by atoms with E-state index in [-0.39, 0.29) is 25.7 Å². The molecule has 0 aliphatic carbocycles. The smallest absolute Gasteiger partial charge is 0.462 e. The van der Waals surface area contributed by atoms with Crippen molar-refractivity contribution in [2.45, 2.75) is 380 Å². The highest BCUT2D eigenvalue weighted by Gasteiger charge is 2.30. The van der Waals surface area contributed by atoms with E-state index in [1.807, 2.05) is 0 Å². The van der Waals surface area contributed by atoms with Crippen LogP contribution in [0, 0.1) is 0 Å². The van der Waals surface area contributed by atoms with E-state index in [0.29, 0.717) is 25.7 Å². The first-order chi connectivity index (χ1) is 48.7. The van der Waals surface area contributed by atoms with Gasteiger partial charge in [0, 0.05) is 25.7 Å². The monoisotopic (exact) mass is 1450 g/mol. The predicted molar refractivity (Wildman–Crippen MR) is 409 cm³/mol. The lowest BCUT2D eigenvalue weighted by molar-refractivity contribution is -0.161. The minimum absolute atomic E-state index is 0.0801. The summed E-state index contributed by atoms with van der Waals surface area (Å²) in [4.78, 5) is 73.0. The average molecular weight is 1450 g/mol. The molecule has 0 aromatic carbocycles. The summed E-state index contributed by atoms with van der Waals surface area (Å²) in [7, 11) is -9.95. The van der Waals surface area contributed by atoms with Gasteiger partial charge in [-0.25, -0.2) is 9.13 Å². The molecule has 0 aromatic heterocycles. The second-order valence-corrected chi connectivity index (χ2v) is 29.9. The van der Waals surface area contributed by atoms with Crippen LogP contribution in [0.5, 0.6) is 0 Å². The van der Waals surface area contributed by atoms with Crippen LogP contribution in [0.4, 0.5) is 0 Å². The molecule has 0 bridgehead atoms. The number of carbonyl (C=O) groups is 4. The van der Waals surface area contributed by atoms with Crippen molar-refractivity contribution in [3.8, 4) is 0 Å². The van der Waals surface area contributed by atoms with Gasteiger partial charge in [-0.3, -0.25) is 37.3 Å². The van der Waals surface area contributed by atoms with Crippen molar-refractivity contribution in [1.82, 2.24) is 0 Å². The molecule has 19 heteroatoms. The van der Waals surface area contributed by atoms with Crippen LogP contribution in [0.2, 0.25) is 0 Å². The third kappa shape index (κ3) is 72.8. The fraction of sp³-hybridized carbons (Fsp3) is 0.802. The van der Waals surface area contributed by atoms with E-state index < -0.39 is 97.5 Å². The van der Waals surface area contributed by atoms with Gasteiger partial charge in [-0.1, -0.05) is 312 Å². The van der Waals surface area contributed by atoms with Gasteiger partial charge in [-0.15, -0.1) is 0 Å². The highest BCUT2D eigenvalue weighted by atomic mass is 31.2. The van der Waals surface area contributed by atoms with Crippen molar-refractivity contribution in [2.75, 3.05) is 39.6 Å². The molecule has 0 aliphatic heterocycles. The summed E-state index contributed by atoms with van der Waals surface area (Å²) in [6.45, 7) is 4.78. The lowest BCUT2D eigenvalue weighted by Gasteiger charge is -2.21. The molecule has 582 valence electrons. The largest absolute Gasteiger partial charge is 0.472 e. The number of hydrogen-bond donors (Lipinski definition) is 3. The van der Waals surface area contributed by atoms with Crippen LogP contribution in [0.1, 0.15) is 362 Å². The molecule has 17 nitrogen and oxygen atoms in total. The molecule has 5 unspecified atom stereocenters. The summed E-state index contributed by atoms with van der Waals surface area (Å²) < 4.78 is 68.6. The number of aliphatic hydroxyl groups excluding tert-OH is 1. The van der Waals surface area contributed by atoms with E-state index in [2.05, 4.69) is 101 Å². The van der Waals surface area contributed by atoms with E-state index in [1.54, 1.807) is 0 Å². The third-order valence-electron chi connectivity index (χ3n) is 17.2. The number of carbonyl (C=O) groups excluding carboxylic acids is 4. The summed E-state index contributed by atoms with van der Waals surface area (Å²) in [5, 5.41) is 10.6. The Bertz CT molecular complexity index is 2180. The molecule has 0 spiro atoms. The van der Waals surface area contributed by atoms with E-state index >= 15 is 0 Å².